The number of aryl methyl sites for hydroxylation is 1. The third kappa shape index (κ3) is 2.44. The maximum Gasteiger partial charge on any atom is 0.241 e. The molecule has 2 N–H and O–H groups in total. The number of nitrogens with zero attached hydrogens (tertiary/aromatic N) is 1. The van der Waals surface area contributed by atoms with Crippen molar-refractivity contribution in [1.82, 2.24) is 4.72 Å². The van der Waals surface area contributed by atoms with E-state index in [1.165, 1.54) is 12.1 Å². The van der Waals surface area contributed by atoms with Gasteiger partial charge in [-0.05, 0) is 37.1 Å². The van der Waals surface area contributed by atoms with Crippen LogP contribution < -0.4 is 4.72 Å². The predicted molar refractivity (Wildman–Crippen MR) is 74.4 cm³/mol. The highest BCUT2D eigenvalue weighted by Gasteiger charge is 2.49. The molecule has 1 aromatic rings. The van der Waals surface area contributed by atoms with Gasteiger partial charge in [-0.25, -0.2) is 13.1 Å². The lowest BCUT2D eigenvalue weighted by Crippen LogP contribution is -2.61. The molecule has 0 aliphatic heterocycles. The van der Waals surface area contributed by atoms with Gasteiger partial charge in [-0.15, -0.1) is 0 Å². The fraction of sp³-hybridized carbons (Fsp3) is 0.500. The molecule has 1 aromatic carbocycles. The smallest absolute Gasteiger partial charge is 0.241 e. The van der Waals surface area contributed by atoms with Crippen molar-refractivity contribution in [1.29, 1.82) is 5.26 Å². The summed E-state index contributed by atoms with van der Waals surface area (Å²) in [7, 11) is -3.64. The van der Waals surface area contributed by atoms with E-state index in [4.69, 9.17) is 5.26 Å². The molecule has 20 heavy (non-hydrogen) atoms. The van der Waals surface area contributed by atoms with Crippen molar-refractivity contribution < 1.29 is 13.5 Å². The number of hydrogen-bond acceptors (Lipinski definition) is 4. The fourth-order valence-corrected chi connectivity index (χ4v) is 4.01. The molecule has 0 spiro atoms. The summed E-state index contributed by atoms with van der Waals surface area (Å²) in [5.41, 5.74) is 0.503. The molecule has 0 bridgehead atoms. The van der Waals surface area contributed by atoms with Gasteiger partial charge in [-0.3, -0.25) is 0 Å². The number of hydrogen-bond donors (Lipinski definition) is 2. The van der Waals surface area contributed by atoms with Crippen LogP contribution in [0.1, 0.15) is 31.4 Å². The van der Waals surface area contributed by atoms with Gasteiger partial charge in [-0.1, -0.05) is 13.8 Å². The lowest BCUT2D eigenvalue weighted by atomic mass is 9.65. The molecule has 108 valence electrons. The number of rotatable bonds is 3. The van der Waals surface area contributed by atoms with Gasteiger partial charge in [0.25, 0.3) is 0 Å². The Labute approximate surface area is 119 Å². The van der Waals surface area contributed by atoms with E-state index in [2.05, 4.69) is 4.72 Å². The van der Waals surface area contributed by atoms with Gasteiger partial charge in [-0.2, -0.15) is 5.26 Å². The van der Waals surface area contributed by atoms with E-state index in [0.717, 1.165) is 0 Å². The zero-order valence-corrected chi connectivity index (χ0v) is 12.5. The molecule has 1 fully saturated rings. The van der Waals surface area contributed by atoms with Crippen LogP contribution in [0.2, 0.25) is 0 Å². The van der Waals surface area contributed by atoms with E-state index in [1.807, 2.05) is 19.9 Å². The number of benzene rings is 1. The molecule has 5 nitrogen and oxygen atoms in total. The van der Waals surface area contributed by atoms with E-state index in [9.17, 15) is 13.5 Å². The summed E-state index contributed by atoms with van der Waals surface area (Å²) < 4.78 is 27.4. The summed E-state index contributed by atoms with van der Waals surface area (Å²) in [6.07, 6.45) is -0.0704. The fourth-order valence-electron chi connectivity index (χ4n) is 2.37. The van der Waals surface area contributed by atoms with Crippen molar-refractivity contribution in [3.05, 3.63) is 29.3 Å². The monoisotopic (exact) mass is 294 g/mol. The molecular formula is C14H18N2O3S. The molecule has 0 saturated heterocycles. The quantitative estimate of drug-likeness (QED) is 0.879. The van der Waals surface area contributed by atoms with Gasteiger partial charge in [0.05, 0.1) is 22.6 Å². The molecule has 1 saturated carbocycles. The van der Waals surface area contributed by atoms with Crippen LogP contribution in [0.3, 0.4) is 0 Å². The third-order valence-electron chi connectivity index (χ3n) is 4.11. The predicted octanol–water partition coefficient (Wildman–Crippen LogP) is 1.30. The van der Waals surface area contributed by atoms with E-state index in [0.29, 0.717) is 17.5 Å². The molecule has 2 unspecified atom stereocenters. The standard InChI is InChI=1S/C14H18N2O3S/c1-9-6-10(8-15)4-5-11(9)20(18,19)16-12-7-13(17)14(12,2)3/h4-6,12-13,16-17H,7H2,1-3H3. The molecule has 6 heteroatoms. The van der Waals surface area contributed by atoms with Crippen molar-refractivity contribution in [2.24, 2.45) is 5.41 Å². The first-order valence-corrected chi connectivity index (χ1v) is 7.88. The summed E-state index contributed by atoms with van der Waals surface area (Å²) in [4.78, 5) is 0.175. The maximum atomic E-state index is 12.4. The zero-order chi connectivity index (χ0) is 15.1. The van der Waals surface area contributed by atoms with Gasteiger partial charge in [0.15, 0.2) is 0 Å². The van der Waals surface area contributed by atoms with Crippen LogP contribution in [-0.4, -0.2) is 25.7 Å². The van der Waals surface area contributed by atoms with Gasteiger partial charge >= 0.3 is 0 Å². The minimum atomic E-state index is -3.64. The Morgan fingerprint density at radius 1 is 1.45 bits per heavy atom. The molecular weight excluding hydrogens is 276 g/mol. The number of aliphatic hydroxyl groups is 1. The summed E-state index contributed by atoms with van der Waals surface area (Å²) in [6.45, 7) is 5.33. The largest absolute Gasteiger partial charge is 0.392 e. The van der Waals surface area contributed by atoms with Crippen LogP contribution in [0, 0.1) is 23.7 Å². The van der Waals surface area contributed by atoms with Crippen LogP contribution in [0.15, 0.2) is 23.1 Å². The minimum Gasteiger partial charge on any atom is -0.392 e. The summed E-state index contributed by atoms with van der Waals surface area (Å²) in [5.74, 6) is 0. The zero-order valence-electron chi connectivity index (χ0n) is 11.7. The highest BCUT2D eigenvalue weighted by molar-refractivity contribution is 7.89. The Morgan fingerprint density at radius 3 is 2.55 bits per heavy atom. The number of nitrogens with one attached hydrogen (secondary N) is 1. The summed E-state index contributed by atoms with van der Waals surface area (Å²) in [5, 5.41) is 18.5. The van der Waals surface area contributed by atoms with Gasteiger partial charge in [0.1, 0.15) is 0 Å². The highest BCUT2D eigenvalue weighted by atomic mass is 32.2. The van der Waals surface area contributed by atoms with Crippen LogP contribution in [0.5, 0.6) is 0 Å². The van der Waals surface area contributed by atoms with Crippen molar-refractivity contribution in [3.8, 4) is 6.07 Å². The topological polar surface area (TPSA) is 90.2 Å². The number of nitriles is 1. The Kier molecular flexibility index (Phi) is 3.63. The first kappa shape index (κ1) is 15.0. The lowest BCUT2D eigenvalue weighted by molar-refractivity contribution is -0.0645. The number of aliphatic hydroxyl groups excluding tert-OH is 1. The second-order valence-electron chi connectivity index (χ2n) is 5.84. The third-order valence-corrected chi connectivity index (χ3v) is 5.74. The second kappa shape index (κ2) is 4.85. The van der Waals surface area contributed by atoms with Gasteiger partial charge in [0.2, 0.25) is 10.0 Å². The molecule has 0 amide bonds. The average Bonchev–Trinajstić information content (AvgIpc) is 2.37. The maximum absolute atomic E-state index is 12.4. The summed E-state index contributed by atoms with van der Waals surface area (Å²) >= 11 is 0. The van der Waals surface area contributed by atoms with Crippen molar-refractivity contribution in [2.75, 3.05) is 0 Å². The molecule has 0 aromatic heterocycles. The van der Waals surface area contributed by atoms with Gasteiger partial charge < -0.3 is 5.11 Å². The van der Waals surface area contributed by atoms with Gasteiger partial charge in [0, 0.05) is 11.5 Å². The Hall–Kier alpha value is -1.42. The SMILES string of the molecule is Cc1cc(C#N)ccc1S(=O)(=O)NC1CC(O)C1(C)C. The minimum absolute atomic E-state index is 0.175. The van der Waals surface area contributed by atoms with E-state index in [-0.39, 0.29) is 10.9 Å². The number of sulfonamides is 1. The molecule has 0 radical (unpaired) electrons. The lowest BCUT2D eigenvalue weighted by Gasteiger charge is -2.49. The average molecular weight is 294 g/mol. The second-order valence-corrected chi connectivity index (χ2v) is 7.52. The van der Waals surface area contributed by atoms with Crippen LogP contribution in [0.4, 0.5) is 0 Å². The molecule has 1 aliphatic carbocycles. The van der Waals surface area contributed by atoms with E-state index < -0.39 is 21.5 Å². The van der Waals surface area contributed by atoms with Crippen LogP contribution in [-0.2, 0) is 10.0 Å². The highest BCUT2D eigenvalue weighted by Crippen LogP contribution is 2.41. The van der Waals surface area contributed by atoms with Crippen LogP contribution in [0.25, 0.3) is 0 Å². The van der Waals surface area contributed by atoms with E-state index >= 15 is 0 Å². The van der Waals surface area contributed by atoms with Crippen LogP contribution >= 0.6 is 0 Å². The normalized spacial score (nSPS) is 24.8. The van der Waals surface area contributed by atoms with Crippen molar-refractivity contribution in [3.63, 3.8) is 0 Å². The Morgan fingerprint density at radius 2 is 2.10 bits per heavy atom. The molecule has 1 aliphatic rings. The molecule has 0 heterocycles. The summed E-state index contributed by atoms with van der Waals surface area (Å²) in [6, 6.07) is 6.18. The molecule has 2 atom stereocenters. The van der Waals surface area contributed by atoms with Crippen molar-refractivity contribution >= 4 is 10.0 Å². The Balaban J connectivity index is 2.26. The van der Waals surface area contributed by atoms with E-state index in [1.54, 1.807) is 13.0 Å². The first-order valence-electron chi connectivity index (χ1n) is 6.39. The first-order chi connectivity index (χ1) is 9.18. The van der Waals surface area contributed by atoms with Crippen molar-refractivity contribution in [2.45, 2.75) is 44.2 Å². The molecule has 2 rings (SSSR count). The Bertz CT molecular complexity index is 674.